The Kier molecular flexibility index (Phi) is 8.09. The molecule has 0 aliphatic carbocycles. The first kappa shape index (κ1) is 20.7. The molecule has 0 heterocycles. The molecular formula is C19H21BrN2O5. The summed E-state index contributed by atoms with van der Waals surface area (Å²) in [7, 11) is 1.59. The van der Waals surface area contributed by atoms with E-state index in [4.69, 9.17) is 14.2 Å². The molecule has 0 aromatic heterocycles. The van der Waals surface area contributed by atoms with Gasteiger partial charge < -0.3 is 14.2 Å². The van der Waals surface area contributed by atoms with E-state index in [0.29, 0.717) is 30.3 Å². The first-order valence-corrected chi connectivity index (χ1v) is 8.99. The van der Waals surface area contributed by atoms with Crippen LogP contribution in [-0.4, -0.2) is 38.7 Å². The molecule has 27 heavy (non-hydrogen) atoms. The van der Waals surface area contributed by atoms with E-state index < -0.39 is 11.8 Å². The Morgan fingerprint density at radius 2 is 1.67 bits per heavy atom. The molecule has 2 rings (SSSR count). The van der Waals surface area contributed by atoms with Crippen molar-refractivity contribution in [2.75, 3.05) is 26.9 Å². The number of rotatable bonds is 8. The van der Waals surface area contributed by atoms with Gasteiger partial charge in [0.1, 0.15) is 18.1 Å². The summed E-state index contributed by atoms with van der Waals surface area (Å²) in [4.78, 5) is 23.9. The molecule has 0 bridgehead atoms. The number of halogens is 1. The van der Waals surface area contributed by atoms with E-state index in [-0.39, 0.29) is 6.61 Å². The van der Waals surface area contributed by atoms with Crippen molar-refractivity contribution in [2.24, 2.45) is 0 Å². The highest BCUT2D eigenvalue weighted by Crippen LogP contribution is 2.21. The van der Waals surface area contributed by atoms with Crippen molar-refractivity contribution in [3.05, 3.63) is 58.1 Å². The molecule has 0 radical (unpaired) electrons. The zero-order valence-electron chi connectivity index (χ0n) is 15.1. The standard InChI is InChI=1S/C19H21BrN2O5/c1-13-11-16(7-8-17(13)20)27-12-18(23)21-22-19(24)14-3-5-15(6-4-14)26-10-9-25-2/h3-8,11H,9-10,12H2,1-2H3,(H,21,23)(H,22,24). The first-order chi connectivity index (χ1) is 13.0. The number of aryl methyl sites for hydroxylation is 1. The van der Waals surface area contributed by atoms with Crippen LogP contribution in [0.4, 0.5) is 0 Å². The summed E-state index contributed by atoms with van der Waals surface area (Å²) >= 11 is 3.40. The third-order valence-corrected chi connectivity index (χ3v) is 4.38. The molecular weight excluding hydrogens is 416 g/mol. The number of carbonyl (C=O) groups is 2. The number of methoxy groups -OCH3 is 1. The lowest BCUT2D eigenvalue weighted by atomic mass is 10.2. The van der Waals surface area contributed by atoms with Crippen LogP contribution in [0.15, 0.2) is 46.9 Å². The molecule has 8 heteroatoms. The fourth-order valence-electron chi connectivity index (χ4n) is 2.04. The summed E-state index contributed by atoms with van der Waals surface area (Å²) in [5, 5.41) is 0. The number of ether oxygens (including phenoxy) is 3. The van der Waals surface area contributed by atoms with E-state index >= 15 is 0 Å². The molecule has 0 unspecified atom stereocenters. The zero-order valence-corrected chi connectivity index (χ0v) is 16.7. The molecule has 0 spiro atoms. The lowest BCUT2D eigenvalue weighted by Gasteiger charge is -2.10. The third-order valence-electron chi connectivity index (χ3n) is 3.49. The summed E-state index contributed by atoms with van der Waals surface area (Å²) in [5.74, 6) is 0.293. The lowest BCUT2D eigenvalue weighted by molar-refractivity contribution is -0.123. The second-order valence-corrected chi connectivity index (χ2v) is 6.42. The summed E-state index contributed by atoms with van der Waals surface area (Å²) in [6, 6.07) is 11.9. The number of hydrazine groups is 1. The van der Waals surface area contributed by atoms with Crippen molar-refractivity contribution in [2.45, 2.75) is 6.92 Å². The van der Waals surface area contributed by atoms with E-state index in [1.165, 1.54) is 0 Å². The van der Waals surface area contributed by atoms with Crippen LogP contribution in [0.25, 0.3) is 0 Å². The van der Waals surface area contributed by atoms with Crippen molar-refractivity contribution in [1.29, 1.82) is 0 Å². The second kappa shape index (κ2) is 10.5. The number of hydrogen-bond acceptors (Lipinski definition) is 5. The lowest BCUT2D eigenvalue weighted by Crippen LogP contribution is -2.43. The molecule has 0 saturated carbocycles. The average Bonchev–Trinajstić information content (AvgIpc) is 2.67. The van der Waals surface area contributed by atoms with Gasteiger partial charge >= 0.3 is 0 Å². The van der Waals surface area contributed by atoms with Crippen LogP contribution >= 0.6 is 15.9 Å². The van der Waals surface area contributed by atoms with Crippen LogP contribution in [0, 0.1) is 6.92 Å². The highest BCUT2D eigenvalue weighted by molar-refractivity contribution is 9.10. The van der Waals surface area contributed by atoms with Gasteiger partial charge in [-0.1, -0.05) is 15.9 Å². The highest BCUT2D eigenvalue weighted by atomic mass is 79.9. The molecule has 0 aliphatic rings. The van der Waals surface area contributed by atoms with Crippen LogP contribution in [0.5, 0.6) is 11.5 Å². The van der Waals surface area contributed by atoms with Gasteiger partial charge in [0.05, 0.1) is 6.61 Å². The van der Waals surface area contributed by atoms with E-state index in [1.54, 1.807) is 37.4 Å². The number of carbonyl (C=O) groups excluding carboxylic acids is 2. The minimum Gasteiger partial charge on any atom is -0.491 e. The minimum atomic E-state index is -0.469. The molecule has 2 aromatic rings. The van der Waals surface area contributed by atoms with Gasteiger partial charge in [-0.3, -0.25) is 20.4 Å². The van der Waals surface area contributed by atoms with Gasteiger partial charge in [-0.2, -0.15) is 0 Å². The maximum Gasteiger partial charge on any atom is 0.276 e. The maximum absolute atomic E-state index is 12.0. The largest absolute Gasteiger partial charge is 0.491 e. The van der Waals surface area contributed by atoms with Crippen LogP contribution in [0.2, 0.25) is 0 Å². The van der Waals surface area contributed by atoms with E-state index in [2.05, 4.69) is 26.8 Å². The van der Waals surface area contributed by atoms with Crippen LogP contribution in [-0.2, 0) is 9.53 Å². The van der Waals surface area contributed by atoms with Gasteiger partial charge in [-0.25, -0.2) is 0 Å². The molecule has 0 saturated heterocycles. The monoisotopic (exact) mass is 436 g/mol. The second-order valence-electron chi connectivity index (χ2n) is 5.57. The Bertz CT molecular complexity index is 780. The van der Waals surface area contributed by atoms with Gasteiger partial charge in [-0.05, 0) is 55.0 Å². The number of benzene rings is 2. The van der Waals surface area contributed by atoms with E-state index in [1.807, 2.05) is 19.1 Å². The normalized spacial score (nSPS) is 10.2. The van der Waals surface area contributed by atoms with Crippen molar-refractivity contribution in [3.8, 4) is 11.5 Å². The minimum absolute atomic E-state index is 0.215. The molecule has 7 nitrogen and oxygen atoms in total. The molecule has 2 aromatic carbocycles. The van der Waals surface area contributed by atoms with Gasteiger partial charge in [0.25, 0.3) is 11.8 Å². The van der Waals surface area contributed by atoms with Crippen LogP contribution in [0.1, 0.15) is 15.9 Å². The Labute approximate surface area is 166 Å². The molecule has 0 atom stereocenters. The van der Waals surface area contributed by atoms with Gasteiger partial charge in [0.15, 0.2) is 6.61 Å². The summed E-state index contributed by atoms with van der Waals surface area (Å²) in [6.45, 7) is 2.62. The quantitative estimate of drug-likeness (QED) is 0.490. The average molecular weight is 437 g/mol. The first-order valence-electron chi connectivity index (χ1n) is 8.19. The van der Waals surface area contributed by atoms with Gasteiger partial charge in [0, 0.05) is 17.1 Å². The Hall–Kier alpha value is -2.58. The smallest absolute Gasteiger partial charge is 0.276 e. The fraction of sp³-hybridized carbons (Fsp3) is 0.263. The molecule has 0 aliphatic heterocycles. The Balaban J connectivity index is 1.75. The SMILES string of the molecule is COCCOc1ccc(C(=O)NNC(=O)COc2ccc(Br)c(C)c2)cc1. The van der Waals surface area contributed by atoms with E-state index in [0.717, 1.165) is 10.0 Å². The summed E-state index contributed by atoms with van der Waals surface area (Å²) in [5.41, 5.74) is 6.04. The van der Waals surface area contributed by atoms with Crippen molar-refractivity contribution in [1.82, 2.24) is 10.9 Å². The summed E-state index contributed by atoms with van der Waals surface area (Å²) in [6.07, 6.45) is 0. The van der Waals surface area contributed by atoms with E-state index in [9.17, 15) is 9.59 Å². The van der Waals surface area contributed by atoms with Crippen molar-refractivity contribution >= 4 is 27.7 Å². The van der Waals surface area contributed by atoms with Crippen LogP contribution < -0.4 is 20.3 Å². The summed E-state index contributed by atoms with van der Waals surface area (Å²) < 4.78 is 16.7. The number of nitrogens with one attached hydrogen (secondary N) is 2. The number of hydrogen-bond donors (Lipinski definition) is 2. The van der Waals surface area contributed by atoms with Gasteiger partial charge in [0.2, 0.25) is 0 Å². The van der Waals surface area contributed by atoms with Crippen molar-refractivity contribution in [3.63, 3.8) is 0 Å². The van der Waals surface area contributed by atoms with Crippen LogP contribution in [0.3, 0.4) is 0 Å². The van der Waals surface area contributed by atoms with Crippen molar-refractivity contribution < 1.29 is 23.8 Å². The predicted molar refractivity (Wildman–Crippen MR) is 104 cm³/mol. The Morgan fingerprint density at radius 3 is 2.33 bits per heavy atom. The highest BCUT2D eigenvalue weighted by Gasteiger charge is 2.09. The van der Waals surface area contributed by atoms with Gasteiger partial charge in [-0.15, -0.1) is 0 Å². The molecule has 2 amide bonds. The molecule has 144 valence electrons. The number of amides is 2. The molecule has 0 fully saturated rings. The molecule has 2 N–H and O–H groups in total. The topological polar surface area (TPSA) is 85.9 Å². The predicted octanol–water partition coefficient (Wildman–Crippen LogP) is 2.62. The third kappa shape index (κ3) is 6.92. The fourth-order valence-corrected chi connectivity index (χ4v) is 2.28. The Morgan fingerprint density at radius 1 is 0.963 bits per heavy atom. The zero-order chi connectivity index (χ0) is 19.6. The maximum atomic E-state index is 12.0.